The van der Waals surface area contributed by atoms with Crippen molar-refractivity contribution in [1.29, 1.82) is 0 Å². The number of benzene rings is 2. The Bertz CT molecular complexity index is 986. The molecule has 1 saturated heterocycles. The summed E-state index contributed by atoms with van der Waals surface area (Å²) in [5.41, 5.74) is 1.34. The van der Waals surface area contributed by atoms with E-state index in [1.165, 1.54) is 30.8 Å². The van der Waals surface area contributed by atoms with Crippen LogP contribution in [0.5, 0.6) is 5.75 Å². The molecule has 7 heteroatoms. The van der Waals surface area contributed by atoms with E-state index in [2.05, 4.69) is 5.32 Å². The molecule has 2 aliphatic heterocycles. The number of hydrogen-bond acceptors (Lipinski definition) is 3. The van der Waals surface area contributed by atoms with E-state index >= 15 is 0 Å². The Hall–Kier alpha value is -2.83. The molecular weight excluding hydrogens is 414 g/mol. The van der Waals surface area contributed by atoms with Crippen LogP contribution in [0, 0.1) is 0 Å². The Morgan fingerprint density at radius 3 is 2.77 bits per heavy atom. The Kier molecular flexibility index (Phi) is 6.89. The lowest BCUT2D eigenvalue weighted by Crippen LogP contribution is -3.10. The number of ether oxygens (including phenoxy) is 1. The van der Waals surface area contributed by atoms with E-state index < -0.39 is 0 Å². The number of carbonyl (C=O) groups excluding carboxylic acids is 2. The van der Waals surface area contributed by atoms with Gasteiger partial charge in [-0.3, -0.25) is 14.5 Å². The number of fused-ring (bicyclic) bond motifs is 1. The van der Waals surface area contributed by atoms with Crippen LogP contribution >= 0.6 is 11.6 Å². The van der Waals surface area contributed by atoms with Crippen LogP contribution in [-0.4, -0.2) is 44.5 Å². The zero-order valence-electron chi connectivity index (χ0n) is 17.4. The summed E-state index contributed by atoms with van der Waals surface area (Å²) in [5.74, 6) is 0.172. The van der Waals surface area contributed by atoms with Crippen LogP contribution in [-0.2, 0) is 9.59 Å². The first kappa shape index (κ1) is 21.4. The molecule has 0 unspecified atom stereocenters. The summed E-state index contributed by atoms with van der Waals surface area (Å²) in [6.45, 7) is 4.10. The minimum Gasteiger partial charge on any atom is -0.449 e. The maximum absolute atomic E-state index is 13.1. The highest BCUT2D eigenvalue weighted by Crippen LogP contribution is 2.35. The van der Waals surface area contributed by atoms with Crippen LogP contribution in [0.15, 0.2) is 54.3 Å². The van der Waals surface area contributed by atoms with Crippen molar-refractivity contribution >= 4 is 35.2 Å². The highest BCUT2D eigenvalue weighted by Gasteiger charge is 2.31. The molecule has 31 heavy (non-hydrogen) atoms. The molecule has 2 aromatic carbocycles. The second-order valence-electron chi connectivity index (χ2n) is 7.94. The summed E-state index contributed by atoms with van der Waals surface area (Å²) in [4.78, 5) is 28.8. The first-order valence-corrected chi connectivity index (χ1v) is 11.1. The van der Waals surface area contributed by atoms with Crippen molar-refractivity contribution in [1.82, 2.24) is 5.32 Å². The number of nitrogens with one attached hydrogen (secondary N) is 2. The second-order valence-corrected chi connectivity index (χ2v) is 8.37. The van der Waals surface area contributed by atoms with Gasteiger partial charge < -0.3 is 15.0 Å². The van der Waals surface area contributed by atoms with Crippen molar-refractivity contribution in [2.45, 2.75) is 19.3 Å². The van der Waals surface area contributed by atoms with Crippen molar-refractivity contribution < 1.29 is 19.2 Å². The molecule has 2 aromatic rings. The number of rotatable bonds is 7. The summed E-state index contributed by atoms with van der Waals surface area (Å²) in [5, 5.41) is 3.53. The van der Waals surface area contributed by atoms with Crippen LogP contribution < -0.4 is 19.9 Å². The van der Waals surface area contributed by atoms with Crippen molar-refractivity contribution in [3.63, 3.8) is 0 Å². The maximum atomic E-state index is 13.1. The first-order chi connectivity index (χ1) is 15.1. The maximum Gasteiger partial charge on any atom is 0.294 e. The van der Waals surface area contributed by atoms with Crippen LogP contribution in [0.3, 0.4) is 0 Å². The monoisotopic (exact) mass is 440 g/mol. The molecule has 0 spiro atoms. The first-order valence-electron chi connectivity index (χ1n) is 10.8. The number of nitrogens with zero attached hydrogens (tertiary/aromatic N) is 1. The lowest BCUT2D eigenvalue weighted by atomic mass is 10.1. The number of anilines is 1. The summed E-state index contributed by atoms with van der Waals surface area (Å²) < 4.78 is 5.85. The Morgan fingerprint density at radius 1 is 1.16 bits per heavy atom. The fraction of sp³-hybridized carbons (Fsp3) is 0.333. The van der Waals surface area contributed by atoms with Gasteiger partial charge in [-0.2, -0.15) is 0 Å². The smallest absolute Gasteiger partial charge is 0.294 e. The molecule has 162 valence electrons. The van der Waals surface area contributed by atoms with Gasteiger partial charge in [-0.25, -0.2) is 0 Å². The SMILES string of the molecule is O=C(CN1C(=O)C(=Cc2cccc(Cl)c2)Oc2ccccc21)NCCC[NH+]1CCCC1. The van der Waals surface area contributed by atoms with Gasteiger partial charge in [0, 0.05) is 30.8 Å². The molecule has 0 aromatic heterocycles. The third-order valence-corrected chi connectivity index (χ3v) is 5.86. The minimum absolute atomic E-state index is 0.0529. The predicted molar refractivity (Wildman–Crippen MR) is 121 cm³/mol. The average molecular weight is 441 g/mol. The van der Waals surface area contributed by atoms with Crippen molar-refractivity contribution in [2.75, 3.05) is 37.6 Å². The van der Waals surface area contributed by atoms with E-state index in [4.69, 9.17) is 16.3 Å². The number of hydrogen-bond donors (Lipinski definition) is 2. The molecule has 2 N–H and O–H groups in total. The number of carbonyl (C=O) groups is 2. The summed E-state index contributed by atoms with van der Waals surface area (Å²) >= 11 is 6.06. The molecule has 2 aliphatic rings. The molecule has 0 radical (unpaired) electrons. The highest BCUT2D eigenvalue weighted by molar-refractivity contribution is 6.30. The van der Waals surface area contributed by atoms with Gasteiger partial charge in [0.15, 0.2) is 11.5 Å². The van der Waals surface area contributed by atoms with Gasteiger partial charge in [-0.15, -0.1) is 0 Å². The van der Waals surface area contributed by atoms with Crippen LogP contribution in [0.1, 0.15) is 24.8 Å². The summed E-state index contributed by atoms with van der Waals surface area (Å²) in [6.07, 6.45) is 5.18. The third-order valence-electron chi connectivity index (χ3n) is 5.62. The largest absolute Gasteiger partial charge is 0.449 e. The Morgan fingerprint density at radius 2 is 1.97 bits per heavy atom. The van der Waals surface area contributed by atoms with Gasteiger partial charge in [0.05, 0.1) is 25.3 Å². The molecule has 0 bridgehead atoms. The lowest BCUT2D eigenvalue weighted by Gasteiger charge is -2.30. The molecule has 0 atom stereocenters. The highest BCUT2D eigenvalue weighted by atomic mass is 35.5. The normalized spacial score (nSPS) is 17.5. The molecule has 4 rings (SSSR count). The molecule has 6 nitrogen and oxygen atoms in total. The standard InChI is InChI=1S/C24H26ClN3O3/c25-19-8-5-7-18(15-19)16-22-24(30)28(20-9-1-2-10-21(20)31-22)17-23(29)26-11-6-14-27-12-3-4-13-27/h1-2,5,7-10,15-16H,3-4,6,11-14,17H2,(H,26,29)/p+1. The van der Waals surface area contributed by atoms with Gasteiger partial charge in [0.2, 0.25) is 5.91 Å². The molecule has 2 amide bonds. The average Bonchev–Trinajstić information content (AvgIpc) is 3.28. The predicted octanol–water partition coefficient (Wildman–Crippen LogP) is 2.29. The Labute approximate surface area is 187 Å². The number of amides is 2. The Balaban J connectivity index is 1.43. The molecule has 2 heterocycles. The molecular formula is C24H27ClN3O3+. The van der Waals surface area contributed by atoms with Crippen molar-refractivity contribution in [3.8, 4) is 5.75 Å². The fourth-order valence-corrected chi connectivity index (χ4v) is 4.26. The second kappa shape index (κ2) is 9.98. The van der Waals surface area contributed by atoms with Crippen molar-refractivity contribution in [3.05, 3.63) is 64.9 Å². The van der Waals surface area contributed by atoms with Gasteiger partial charge in [0.25, 0.3) is 5.91 Å². The van der Waals surface area contributed by atoms with E-state index in [0.717, 1.165) is 18.5 Å². The van der Waals surface area contributed by atoms with Gasteiger partial charge in [-0.1, -0.05) is 35.9 Å². The van der Waals surface area contributed by atoms with Gasteiger partial charge >= 0.3 is 0 Å². The zero-order chi connectivity index (χ0) is 21.6. The van der Waals surface area contributed by atoms with Crippen LogP contribution in [0.4, 0.5) is 5.69 Å². The quantitative estimate of drug-likeness (QED) is 0.513. The number of likely N-dealkylation sites (tertiary alicyclic amines) is 1. The van der Waals surface area contributed by atoms with E-state index in [0.29, 0.717) is 23.0 Å². The van der Waals surface area contributed by atoms with Crippen LogP contribution in [0.2, 0.25) is 5.02 Å². The van der Waals surface area contributed by atoms with E-state index in [1.54, 1.807) is 35.2 Å². The number of para-hydroxylation sites is 2. The van der Waals surface area contributed by atoms with Crippen molar-refractivity contribution in [2.24, 2.45) is 0 Å². The van der Waals surface area contributed by atoms with Gasteiger partial charge in [-0.05, 0) is 35.9 Å². The summed E-state index contributed by atoms with van der Waals surface area (Å²) in [7, 11) is 0. The third kappa shape index (κ3) is 5.46. The van der Waals surface area contributed by atoms with Gasteiger partial charge in [0.1, 0.15) is 6.54 Å². The molecule has 1 fully saturated rings. The number of halogens is 1. The zero-order valence-corrected chi connectivity index (χ0v) is 18.2. The lowest BCUT2D eigenvalue weighted by molar-refractivity contribution is -0.887. The topological polar surface area (TPSA) is 63.1 Å². The molecule has 0 saturated carbocycles. The number of quaternary nitrogens is 1. The minimum atomic E-state index is -0.352. The molecule has 0 aliphatic carbocycles. The van der Waals surface area contributed by atoms with E-state index in [-0.39, 0.29) is 24.1 Å². The van der Waals surface area contributed by atoms with E-state index in [1.807, 2.05) is 24.3 Å². The fourth-order valence-electron chi connectivity index (χ4n) is 4.06. The summed E-state index contributed by atoms with van der Waals surface area (Å²) in [6, 6.07) is 14.4. The van der Waals surface area contributed by atoms with Crippen LogP contribution in [0.25, 0.3) is 6.08 Å². The van der Waals surface area contributed by atoms with E-state index in [9.17, 15) is 9.59 Å².